The Balaban J connectivity index is 1.92. The van der Waals surface area contributed by atoms with Crippen LogP contribution in [0.1, 0.15) is 16.8 Å². The van der Waals surface area contributed by atoms with Gasteiger partial charge in [0, 0.05) is 11.8 Å². The molecule has 0 spiro atoms. The van der Waals surface area contributed by atoms with Gasteiger partial charge in [0.1, 0.15) is 25.6 Å². The van der Waals surface area contributed by atoms with Crippen LogP contribution < -0.4 is 14.2 Å². The maximum Gasteiger partial charge on any atom is 0.170 e. The molecule has 4 rings (SSSR count). The van der Waals surface area contributed by atoms with Crippen molar-refractivity contribution in [3.63, 3.8) is 0 Å². The van der Waals surface area contributed by atoms with E-state index in [-0.39, 0.29) is 5.78 Å². The first-order valence-corrected chi connectivity index (χ1v) is 7.67. The Morgan fingerprint density at radius 3 is 2.48 bits per heavy atom. The number of fused-ring (bicyclic) bond motifs is 4. The van der Waals surface area contributed by atoms with E-state index in [1.165, 1.54) is 0 Å². The molecule has 4 nitrogen and oxygen atoms in total. The van der Waals surface area contributed by atoms with Crippen LogP contribution in [-0.2, 0) is 0 Å². The molecule has 0 saturated heterocycles. The van der Waals surface area contributed by atoms with Crippen LogP contribution in [0.3, 0.4) is 0 Å². The minimum absolute atomic E-state index is 0.0360. The Labute approximate surface area is 134 Å². The van der Waals surface area contributed by atoms with Gasteiger partial charge >= 0.3 is 0 Å². The fourth-order valence-electron chi connectivity index (χ4n) is 2.88. The van der Waals surface area contributed by atoms with Gasteiger partial charge in [-0.1, -0.05) is 24.3 Å². The second-order valence-corrected chi connectivity index (χ2v) is 5.45. The Bertz CT molecular complexity index is 833. The Morgan fingerprint density at radius 2 is 1.61 bits per heavy atom. The van der Waals surface area contributed by atoms with Crippen LogP contribution >= 0.6 is 0 Å². The highest BCUT2D eigenvalue weighted by Gasteiger charge is 2.20. The lowest BCUT2D eigenvalue weighted by atomic mass is 9.97. The number of hydrogen-bond acceptors (Lipinski definition) is 4. The number of carbonyl (C=O) groups excluding carboxylic acids is 1. The molecule has 23 heavy (non-hydrogen) atoms. The average Bonchev–Trinajstić information content (AvgIpc) is 2.58. The van der Waals surface area contributed by atoms with Gasteiger partial charge in [0.25, 0.3) is 0 Å². The summed E-state index contributed by atoms with van der Waals surface area (Å²) in [6.45, 7) is 1.49. The summed E-state index contributed by atoms with van der Waals surface area (Å²) in [5.74, 6) is 2.05. The molecule has 2 aliphatic heterocycles. The van der Waals surface area contributed by atoms with E-state index in [4.69, 9.17) is 14.2 Å². The van der Waals surface area contributed by atoms with E-state index in [9.17, 15) is 4.79 Å². The molecule has 2 aliphatic rings. The maximum absolute atomic E-state index is 12.7. The number of ketones is 1. The third-order valence-electron chi connectivity index (χ3n) is 3.94. The van der Waals surface area contributed by atoms with Crippen molar-refractivity contribution in [1.29, 1.82) is 0 Å². The van der Waals surface area contributed by atoms with Crippen LogP contribution in [-0.4, -0.2) is 25.6 Å². The Morgan fingerprint density at radius 1 is 0.826 bits per heavy atom. The van der Waals surface area contributed by atoms with Crippen molar-refractivity contribution in [2.45, 2.75) is 6.42 Å². The lowest BCUT2D eigenvalue weighted by Gasteiger charge is -2.20. The van der Waals surface area contributed by atoms with Crippen LogP contribution in [0.25, 0.3) is 10.8 Å². The highest BCUT2D eigenvalue weighted by Crippen LogP contribution is 2.38. The molecule has 116 valence electrons. The molecule has 0 N–H and O–H groups in total. The minimum atomic E-state index is 0.0360. The summed E-state index contributed by atoms with van der Waals surface area (Å²) in [5, 5.41) is 1.79. The number of hydrogen-bond donors (Lipinski definition) is 0. The normalized spacial score (nSPS) is 19.6. The third-order valence-corrected chi connectivity index (χ3v) is 3.94. The van der Waals surface area contributed by atoms with Gasteiger partial charge in [-0.05, 0) is 29.7 Å². The molecule has 2 aromatic rings. The number of ether oxygens (including phenoxy) is 3. The summed E-state index contributed by atoms with van der Waals surface area (Å²) < 4.78 is 17.1. The molecular weight excluding hydrogens is 292 g/mol. The van der Waals surface area contributed by atoms with Gasteiger partial charge in [-0.2, -0.15) is 0 Å². The summed E-state index contributed by atoms with van der Waals surface area (Å²) >= 11 is 0. The zero-order chi connectivity index (χ0) is 15.6. The van der Waals surface area contributed by atoms with Gasteiger partial charge in [-0.3, -0.25) is 4.79 Å². The molecule has 0 atom stereocenters. The van der Waals surface area contributed by atoms with Gasteiger partial charge in [-0.25, -0.2) is 0 Å². The van der Waals surface area contributed by atoms with Crippen molar-refractivity contribution >= 4 is 16.6 Å². The van der Waals surface area contributed by atoms with Gasteiger partial charge < -0.3 is 14.2 Å². The van der Waals surface area contributed by atoms with Crippen molar-refractivity contribution in [3.8, 4) is 17.2 Å². The fraction of sp³-hybridized carbons (Fsp3) is 0.211. The number of benzene rings is 2. The van der Waals surface area contributed by atoms with E-state index in [0.29, 0.717) is 43.3 Å². The minimum Gasteiger partial charge on any atom is -0.489 e. The highest BCUT2D eigenvalue weighted by molar-refractivity contribution is 6.11. The monoisotopic (exact) mass is 308 g/mol. The molecule has 2 heterocycles. The Hall–Kier alpha value is -2.75. The summed E-state index contributed by atoms with van der Waals surface area (Å²) in [5.41, 5.74) is 0.611. The number of rotatable bonds is 0. The molecule has 0 radical (unpaired) electrons. The molecule has 0 aromatic heterocycles. The first kappa shape index (κ1) is 13.9. The number of carbonyl (C=O) groups is 1. The quantitative estimate of drug-likeness (QED) is 0.744. The van der Waals surface area contributed by atoms with Crippen LogP contribution in [0.15, 0.2) is 48.6 Å². The Kier molecular flexibility index (Phi) is 3.50. The van der Waals surface area contributed by atoms with E-state index in [1.807, 2.05) is 48.6 Å². The predicted octanol–water partition coefficient (Wildman–Crippen LogP) is 3.69. The second kappa shape index (κ2) is 5.80. The van der Waals surface area contributed by atoms with E-state index in [2.05, 4.69) is 0 Å². The molecule has 0 saturated carbocycles. The smallest absolute Gasteiger partial charge is 0.170 e. The lowest BCUT2D eigenvalue weighted by molar-refractivity contribution is 0.0994. The first-order chi connectivity index (χ1) is 11.3. The molecule has 4 heteroatoms. The maximum atomic E-state index is 12.7. The summed E-state index contributed by atoms with van der Waals surface area (Å²) in [7, 11) is 0. The van der Waals surface area contributed by atoms with E-state index in [1.54, 1.807) is 0 Å². The molecule has 0 amide bonds. The average molecular weight is 308 g/mol. The van der Waals surface area contributed by atoms with Crippen LogP contribution in [0.5, 0.6) is 17.2 Å². The lowest BCUT2D eigenvalue weighted by Crippen LogP contribution is -2.15. The van der Waals surface area contributed by atoms with Crippen molar-refractivity contribution in [2.24, 2.45) is 0 Å². The summed E-state index contributed by atoms with van der Waals surface area (Å²) in [4.78, 5) is 12.7. The molecule has 2 aromatic carbocycles. The van der Waals surface area contributed by atoms with Gasteiger partial charge in [0.15, 0.2) is 17.3 Å². The fourth-order valence-corrected chi connectivity index (χ4v) is 2.88. The van der Waals surface area contributed by atoms with Crippen molar-refractivity contribution in [2.75, 3.05) is 19.8 Å². The van der Waals surface area contributed by atoms with Crippen molar-refractivity contribution in [3.05, 3.63) is 54.1 Å². The van der Waals surface area contributed by atoms with E-state index in [0.717, 1.165) is 16.5 Å². The molecular formula is C19H16O4. The molecule has 0 aliphatic carbocycles. The first-order valence-electron chi connectivity index (χ1n) is 7.67. The second-order valence-electron chi connectivity index (χ2n) is 5.45. The van der Waals surface area contributed by atoms with Crippen molar-refractivity contribution < 1.29 is 19.0 Å². The van der Waals surface area contributed by atoms with Gasteiger partial charge in [-0.15, -0.1) is 0 Å². The zero-order valence-corrected chi connectivity index (χ0v) is 12.6. The highest BCUT2D eigenvalue weighted by atomic mass is 16.6. The predicted molar refractivity (Wildman–Crippen MR) is 87.7 cm³/mol. The van der Waals surface area contributed by atoms with Crippen LogP contribution in [0, 0.1) is 0 Å². The summed E-state index contributed by atoms with van der Waals surface area (Å²) in [6.07, 6.45) is 7.89. The van der Waals surface area contributed by atoms with Crippen molar-refractivity contribution in [1.82, 2.24) is 0 Å². The van der Waals surface area contributed by atoms with E-state index < -0.39 is 0 Å². The number of allylic oxidation sites excluding steroid dienone is 3. The third kappa shape index (κ3) is 2.57. The zero-order valence-electron chi connectivity index (χ0n) is 12.6. The van der Waals surface area contributed by atoms with Gasteiger partial charge in [0.2, 0.25) is 0 Å². The van der Waals surface area contributed by atoms with Crippen LogP contribution in [0.2, 0.25) is 0 Å². The van der Waals surface area contributed by atoms with Gasteiger partial charge in [0.05, 0.1) is 5.56 Å². The molecule has 0 bridgehead atoms. The largest absolute Gasteiger partial charge is 0.489 e. The van der Waals surface area contributed by atoms with E-state index >= 15 is 0 Å². The van der Waals surface area contributed by atoms with Crippen LogP contribution in [0.4, 0.5) is 0 Å². The molecule has 0 fully saturated rings. The molecule has 0 unspecified atom stereocenters. The number of Topliss-reactive ketones (excluding diaryl/α,β-unsaturated/α-hetero) is 1. The summed E-state index contributed by atoms with van der Waals surface area (Å²) in [6, 6.07) is 7.61. The SMILES string of the molecule is O=C1C/C=C\C=C/COc2ccc3cc4c(cc3c21)OCCO4. The standard InChI is InChI=1S/C19H16O4/c20-15-5-3-1-2-4-8-21-16-7-6-13-11-17-18(23-10-9-22-17)12-14(13)19(15)16/h1-4,6-7,11-12H,5,8-10H2/b3-1-,4-2-. The topological polar surface area (TPSA) is 44.8 Å².